The van der Waals surface area contributed by atoms with Gasteiger partial charge in [-0.15, -0.1) is 12.4 Å². The van der Waals surface area contributed by atoms with Gasteiger partial charge in [0.15, 0.2) is 0 Å². The zero-order valence-electron chi connectivity index (χ0n) is 15.6. The van der Waals surface area contributed by atoms with Crippen molar-refractivity contribution >= 4 is 12.4 Å². The maximum absolute atomic E-state index is 10.7. The van der Waals surface area contributed by atoms with Crippen molar-refractivity contribution in [2.75, 3.05) is 6.54 Å². The lowest BCUT2D eigenvalue weighted by Gasteiger charge is -2.29. The Morgan fingerprint density at radius 3 is 1.74 bits per heavy atom. The van der Waals surface area contributed by atoms with E-state index in [1.165, 1.54) is 0 Å². The van der Waals surface area contributed by atoms with Crippen molar-refractivity contribution in [3.63, 3.8) is 0 Å². The molecule has 0 fully saturated rings. The molecular weight excluding hydrogens is 308 g/mol. The Kier molecular flexibility index (Phi) is 8.08. The van der Waals surface area contributed by atoms with E-state index in [4.69, 9.17) is 11.5 Å². The first kappa shape index (κ1) is 22.2. The second kappa shape index (κ2) is 8.36. The number of hydrogen-bond donors (Lipinski definition) is 3. The van der Waals surface area contributed by atoms with Crippen molar-refractivity contribution in [3.05, 3.63) is 28.8 Å². The monoisotopic (exact) mass is 342 g/mol. The standard InChI is InChI=1S/C19H34N2O.ClH/c1-18(2,3)14-11-13(16(21)9-7-8-10-20)12-15(17(14)22)19(4,5)6;/h11-12,16,22H,7-10,20-21H2,1-6H3;1H/t16-;/m1./s1. The van der Waals surface area contributed by atoms with E-state index in [0.29, 0.717) is 12.3 Å². The first-order valence-electron chi connectivity index (χ1n) is 8.32. The van der Waals surface area contributed by atoms with Crippen LogP contribution in [0.4, 0.5) is 0 Å². The molecule has 0 heterocycles. The molecule has 0 aromatic heterocycles. The van der Waals surface area contributed by atoms with Crippen LogP contribution in [0.1, 0.15) is 83.5 Å². The van der Waals surface area contributed by atoms with E-state index < -0.39 is 0 Å². The summed E-state index contributed by atoms with van der Waals surface area (Å²) in [6, 6.07) is 4.16. The summed E-state index contributed by atoms with van der Waals surface area (Å²) in [6.45, 7) is 13.5. The normalized spacial score (nSPS) is 13.6. The Labute approximate surface area is 148 Å². The summed E-state index contributed by atoms with van der Waals surface area (Å²) in [5, 5.41) is 10.7. The summed E-state index contributed by atoms with van der Waals surface area (Å²) in [6.07, 6.45) is 2.97. The highest BCUT2D eigenvalue weighted by Gasteiger charge is 2.27. The molecule has 1 atom stereocenters. The third kappa shape index (κ3) is 5.98. The molecule has 5 N–H and O–H groups in total. The minimum atomic E-state index is -0.114. The van der Waals surface area contributed by atoms with Crippen LogP contribution < -0.4 is 11.5 Å². The highest BCUT2D eigenvalue weighted by Crippen LogP contribution is 2.41. The van der Waals surface area contributed by atoms with E-state index in [-0.39, 0.29) is 29.3 Å². The summed E-state index contributed by atoms with van der Waals surface area (Å²) in [5.74, 6) is 0.415. The number of aromatic hydroxyl groups is 1. The van der Waals surface area contributed by atoms with Crippen LogP contribution in [0.3, 0.4) is 0 Å². The molecule has 0 spiro atoms. The van der Waals surface area contributed by atoms with Crippen molar-refractivity contribution < 1.29 is 5.11 Å². The summed E-state index contributed by atoms with van der Waals surface area (Å²) < 4.78 is 0. The lowest BCUT2D eigenvalue weighted by Crippen LogP contribution is -2.20. The van der Waals surface area contributed by atoms with Gasteiger partial charge in [0, 0.05) is 6.04 Å². The fourth-order valence-electron chi connectivity index (χ4n) is 2.69. The van der Waals surface area contributed by atoms with E-state index in [9.17, 15) is 5.11 Å². The molecule has 0 aliphatic heterocycles. The van der Waals surface area contributed by atoms with Gasteiger partial charge >= 0.3 is 0 Å². The van der Waals surface area contributed by atoms with Crippen molar-refractivity contribution in [2.45, 2.75) is 77.7 Å². The molecule has 0 radical (unpaired) electrons. The number of phenols is 1. The number of nitrogens with two attached hydrogens (primary N) is 2. The van der Waals surface area contributed by atoms with Crippen LogP contribution in [-0.4, -0.2) is 11.7 Å². The number of halogens is 1. The Balaban J connectivity index is 0.00000484. The number of rotatable bonds is 5. The second-order valence-electron chi connectivity index (χ2n) is 8.36. The number of unbranched alkanes of at least 4 members (excludes halogenated alkanes) is 1. The van der Waals surface area contributed by atoms with Gasteiger partial charge in [0.05, 0.1) is 0 Å². The molecule has 0 saturated heterocycles. The molecule has 0 bridgehead atoms. The van der Waals surface area contributed by atoms with Crippen LogP contribution >= 0.6 is 12.4 Å². The molecule has 1 rings (SSSR count). The Hall–Kier alpha value is -0.770. The molecular formula is C19H35ClN2O. The second-order valence-corrected chi connectivity index (χ2v) is 8.36. The zero-order valence-corrected chi connectivity index (χ0v) is 16.4. The van der Waals surface area contributed by atoms with Gasteiger partial charge in [-0.25, -0.2) is 0 Å². The van der Waals surface area contributed by atoms with E-state index in [2.05, 4.69) is 53.7 Å². The molecule has 1 aromatic carbocycles. The van der Waals surface area contributed by atoms with Crippen LogP contribution in [0.5, 0.6) is 5.75 Å². The maximum Gasteiger partial charge on any atom is 0.123 e. The van der Waals surface area contributed by atoms with Crippen molar-refractivity contribution in [2.24, 2.45) is 11.5 Å². The molecule has 23 heavy (non-hydrogen) atoms. The third-order valence-electron chi connectivity index (χ3n) is 4.15. The van der Waals surface area contributed by atoms with Gasteiger partial charge in [-0.1, -0.05) is 60.1 Å². The first-order chi connectivity index (χ1) is 9.98. The molecule has 0 saturated carbocycles. The molecule has 0 amide bonds. The maximum atomic E-state index is 10.7. The lowest BCUT2D eigenvalue weighted by atomic mass is 9.77. The minimum Gasteiger partial charge on any atom is -0.507 e. The molecule has 0 unspecified atom stereocenters. The molecule has 0 aliphatic rings. The zero-order chi connectivity index (χ0) is 17.1. The molecule has 4 heteroatoms. The highest BCUT2D eigenvalue weighted by molar-refractivity contribution is 5.85. The predicted octanol–water partition coefficient (Wildman–Crippen LogP) is 4.54. The molecule has 3 nitrogen and oxygen atoms in total. The van der Waals surface area contributed by atoms with Gasteiger partial charge in [-0.2, -0.15) is 0 Å². The first-order valence-corrected chi connectivity index (χ1v) is 8.32. The smallest absolute Gasteiger partial charge is 0.123 e. The SMILES string of the molecule is CC(C)(C)c1cc([C@H](N)CCCCN)cc(C(C)(C)C)c1O.Cl. The van der Waals surface area contributed by atoms with Gasteiger partial charge in [0.1, 0.15) is 5.75 Å². The van der Waals surface area contributed by atoms with Gasteiger partial charge in [-0.3, -0.25) is 0 Å². The van der Waals surface area contributed by atoms with Crippen LogP contribution in [0, 0.1) is 0 Å². The number of phenolic OH excluding ortho intramolecular Hbond substituents is 1. The average molecular weight is 343 g/mol. The fraction of sp³-hybridized carbons (Fsp3) is 0.684. The van der Waals surface area contributed by atoms with Crippen LogP contribution in [0.15, 0.2) is 12.1 Å². The summed E-state index contributed by atoms with van der Waals surface area (Å²) in [7, 11) is 0. The Bertz CT molecular complexity index is 466. The average Bonchev–Trinajstić information content (AvgIpc) is 2.36. The van der Waals surface area contributed by atoms with Gasteiger partial charge in [0.2, 0.25) is 0 Å². The van der Waals surface area contributed by atoms with E-state index in [1.807, 2.05) is 0 Å². The Morgan fingerprint density at radius 2 is 1.39 bits per heavy atom. The van der Waals surface area contributed by atoms with Crippen LogP contribution in [0.25, 0.3) is 0 Å². The van der Waals surface area contributed by atoms with Crippen molar-refractivity contribution in [3.8, 4) is 5.75 Å². The van der Waals surface area contributed by atoms with Gasteiger partial charge in [-0.05, 0) is 46.9 Å². The molecule has 134 valence electrons. The molecule has 1 aromatic rings. The fourth-order valence-corrected chi connectivity index (χ4v) is 2.69. The van der Waals surface area contributed by atoms with Crippen LogP contribution in [-0.2, 0) is 10.8 Å². The lowest BCUT2D eigenvalue weighted by molar-refractivity contribution is 0.421. The summed E-state index contributed by atoms with van der Waals surface area (Å²) in [4.78, 5) is 0. The van der Waals surface area contributed by atoms with Gasteiger partial charge in [0.25, 0.3) is 0 Å². The largest absolute Gasteiger partial charge is 0.507 e. The third-order valence-corrected chi connectivity index (χ3v) is 4.15. The van der Waals surface area contributed by atoms with E-state index in [0.717, 1.165) is 36.0 Å². The number of hydrogen-bond acceptors (Lipinski definition) is 3. The minimum absolute atomic E-state index is 0. The van der Waals surface area contributed by atoms with Crippen LogP contribution in [0.2, 0.25) is 0 Å². The predicted molar refractivity (Wildman–Crippen MR) is 103 cm³/mol. The van der Waals surface area contributed by atoms with E-state index >= 15 is 0 Å². The van der Waals surface area contributed by atoms with Crippen molar-refractivity contribution in [1.29, 1.82) is 0 Å². The van der Waals surface area contributed by atoms with E-state index in [1.54, 1.807) is 0 Å². The Morgan fingerprint density at radius 1 is 0.957 bits per heavy atom. The topological polar surface area (TPSA) is 72.3 Å². The summed E-state index contributed by atoms with van der Waals surface area (Å²) in [5.41, 5.74) is 14.8. The quantitative estimate of drug-likeness (QED) is 0.688. The number of benzene rings is 1. The summed E-state index contributed by atoms with van der Waals surface area (Å²) >= 11 is 0. The highest BCUT2D eigenvalue weighted by atomic mass is 35.5. The van der Waals surface area contributed by atoms with Gasteiger partial charge < -0.3 is 16.6 Å². The van der Waals surface area contributed by atoms with Crippen molar-refractivity contribution in [1.82, 2.24) is 0 Å². The molecule has 0 aliphatic carbocycles.